The lowest BCUT2D eigenvalue weighted by Gasteiger charge is -2.10. The van der Waals surface area contributed by atoms with Gasteiger partial charge in [0.1, 0.15) is 11.6 Å². The van der Waals surface area contributed by atoms with Gasteiger partial charge in [-0.25, -0.2) is 9.82 Å². The highest BCUT2D eigenvalue weighted by Gasteiger charge is 2.10. The minimum Gasteiger partial charge on any atom is -0.483 e. The first-order chi connectivity index (χ1) is 14.9. The molecule has 0 saturated heterocycles. The van der Waals surface area contributed by atoms with Gasteiger partial charge in [0.2, 0.25) is 0 Å². The number of hydrogen-bond acceptors (Lipinski definition) is 4. The summed E-state index contributed by atoms with van der Waals surface area (Å²) in [6.45, 7) is -0.331. The number of carbonyl (C=O) groups is 2. The standard InChI is InChI=1S/C22H16Br2FN3O3/c23-16-7-5-14(6-8-16)22(30)28-26-12-15-11-17(24)9-10-20(15)31-13-21(29)27-19-4-2-1-3-18(19)25/h1-12H,13H2,(H,27,29)(H,28,30)/b26-12+. The number of nitrogens with zero attached hydrogens (tertiary/aromatic N) is 1. The van der Waals surface area contributed by atoms with E-state index in [0.717, 1.165) is 8.95 Å². The predicted octanol–water partition coefficient (Wildman–Crippen LogP) is 5.13. The van der Waals surface area contributed by atoms with Gasteiger partial charge in [-0.2, -0.15) is 5.10 Å². The van der Waals surface area contributed by atoms with Crippen LogP contribution in [0.25, 0.3) is 0 Å². The Balaban J connectivity index is 1.62. The molecule has 158 valence electrons. The number of benzene rings is 3. The molecular formula is C22H16Br2FN3O3. The third-order valence-corrected chi connectivity index (χ3v) is 4.98. The molecule has 0 heterocycles. The molecule has 2 N–H and O–H groups in total. The number of ether oxygens (including phenoxy) is 1. The molecule has 0 aliphatic carbocycles. The number of amides is 2. The van der Waals surface area contributed by atoms with Crippen molar-refractivity contribution in [3.8, 4) is 5.75 Å². The van der Waals surface area contributed by atoms with Crippen LogP contribution in [0, 0.1) is 5.82 Å². The van der Waals surface area contributed by atoms with Gasteiger partial charge in [-0.1, -0.05) is 44.0 Å². The van der Waals surface area contributed by atoms with E-state index in [2.05, 4.69) is 47.7 Å². The van der Waals surface area contributed by atoms with E-state index < -0.39 is 11.7 Å². The number of anilines is 1. The fourth-order valence-corrected chi connectivity index (χ4v) is 3.11. The lowest BCUT2D eigenvalue weighted by Crippen LogP contribution is -2.21. The first-order valence-corrected chi connectivity index (χ1v) is 10.6. The minimum absolute atomic E-state index is 0.0735. The molecule has 3 rings (SSSR count). The zero-order chi connectivity index (χ0) is 22.2. The van der Waals surface area contributed by atoms with Crippen molar-refractivity contribution in [3.63, 3.8) is 0 Å². The second kappa shape index (κ2) is 10.8. The molecule has 0 spiro atoms. The Morgan fingerprint density at radius 1 is 1.00 bits per heavy atom. The highest BCUT2D eigenvalue weighted by Crippen LogP contribution is 2.22. The zero-order valence-corrected chi connectivity index (χ0v) is 19.1. The number of rotatable bonds is 7. The second-order valence-corrected chi connectivity index (χ2v) is 8.04. The van der Waals surface area contributed by atoms with Gasteiger partial charge in [-0.15, -0.1) is 0 Å². The smallest absolute Gasteiger partial charge is 0.271 e. The van der Waals surface area contributed by atoms with Gasteiger partial charge in [0.05, 0.1) is 11.9 Å². The zero-order valence-electron chi connectivity index (χ0n) is 15.9. The van der Waals surface area contributed by atoms with Crippen LogP contribution >= 0.6 is 31.9 Å². The van der Waals surface area contributed by atoms with Crippen LogP contribution in [0.1, 0.15) is 15.9 Å². The lowest BCUT2D eigenvalue weighted by atomic mass is 10.2. The molecule has 0 aromatic heterocycles. The van der Waals surface area contributed by atoms with Crippen molar-refractivity contribution in [2.24, 2.45) is 5.10 Å². The Hall–Kier alpha value is -3.04. The van der Waals surface area contributed by atoms with E-state index >= 15 is 0 Å². The molecule has 0 aliphatic rings. The van der Waals surface area contributed by atoms with Crippen LogP contribution in [0.2, 0.25) is 0 Å². The molecule has 2 amide bonds. The molecule has 6 nitrogen and oxygen atoms in total. The molecule has 3 aromatic rings. The number of carbonyl (C=O) groups excluding carboxylic acids is 2. The predicted molar refractivity (Wildman–Crippen MR) is 124 cm³/mol. The van der Waals surface area contributed by atoms with Crippen LogP contribution in [-0.4, -0.2) is 24.6 Å². The van der Waals surface area contributed by atoms with Crippen molar-refractivity contribution >= 4 is 55.6 Å². The first-order valence-electron chi connectivity index (χ1n) is 8.98. The van der Waals surface area contributed by atoms with E-state index in [1.54, 1.807) is 48.5 Å². The van der Waals surface area contributed by atoms with Crippen LogP contribution in [0.5, 0.6) is 5.75 Å². The number of hydrazone groups is 1. The maximum absolute atomic E-state index is 13.7. The van der Waals surface area contributed by atoms with E-state index in [4.69, 9.17) is 4.74 Å². The molecule has 0 atom stereocenters. The van der Waals surface area contributed by atoms with Crippen LogP contribution in [0.3, 0.4) is 0 Å². The average Bonchev–Trinajstić information content (AvgIpc) is 2.75. The minimum atomic E-state index is -0.533. The van der Waals surface area contributed by atoms with Crippen molar-refractivity contribution in [1.82, 2.24) is 5.43 Å². The van der Waals surface area contributed by atoms with E-state index in [-0.39, 0.29) is 18.2 Å². The van der Waals surface area contributed by atoms with Crippen molar-refractivity contribution in [1.29, 1.82) is 0 Å². The monoisotopic (exact) mass is 547 g/mol. The van der Waals surface area contributed by atoms with Crippen LogP contribution in [-0.2, 0) is 4.79 Å². The van der Waals surface area contributed by atoms with Gasteiger partial charge in [-0.05, 0) is 54.6 Å². The largest absolute Gasteiger partial charge is 0.483 e. The van der Waals surface area contributed by atoms with Crippen molar-refractivity contribution < 1.29 is 18.7 Å². The Morgan fingerprint density at radius 3 is 2.45 bits per heavy atom. The molecule has 31 heavy (non-hydrogen) atoms. The summed E-state index contributed by atoms with van der Waals surface area (Å²) in [6, 6.07) is 17.8. The molecule has 9 heteroatoms. The Labute approximate surface area is 194 Å². The van der Waals surface area contributed by atoms with E-state index in [9.17, 15) is 14.0 Å². The molecule has 0 aliphatic heterocycles. The summed E-state index contributed by atoms with van der Waals surface area (Å²) in [7, 11) is 0. The molecule has 0 saturated carbocycles. The van der Waals surface area contributed by atoms with Crippen molar-refractivity contribution in [3.05, 3.63) is 92.6 Å². The van der Waals surface area contributed by atoms with Gasteiger partial charge in [-0.3, -0.25) is 9.59 Å². The fraction of sp³-hybridized carbons (Fsp3) is 0.0455. The van der Waals surface area contributed by atoms with Crippen LogP contribution in [0.4, 0.5) is 10.1 Å². The second-order valence-electron chi connectivity index (χ2n) is 6.20. The Bertz CT molecular complexity index is 1120. The summed E-state index contributed by atoms with van der Waals surface area (Å²) in [6.07, 6.45) is 1.41. The highest BCUT2D eigenvalue weighted by atomic mass is 79.9. The van der Waals surface area contributed by atoms with Crippen molar-refractivity contribution in [2.75, 3.05) is 11.9 Å². The van der Waals surface area contributed by atoms with Gasteiger partial charge in [0.15, 0.2) is 6.61 Å². The Morgan fingerprint density at radius 2 is 1.71 bits per heavy atom. The topological polar surface area (TPSA) is 79.8 Å². The summed E-state index contributed by atoms with van der Waals surface area (Å²) in [5.74, 6) is -1.05. The quantitative estimate of drug-likeness (QED) is 0.317. The molecular weight excluding hydrogens is 533 g/mol. The summed E-state index contributed by atoms with van der Waals surface area (Å²) in [5.41, 5.74) is 3.50. The number of para-hydroxylation sites is 1. The molecule has 0 bridgehead atoms. The molecule has 0 unspecified atom stereocenters. The van der Waals surface area contributed by atoms with Gasteiger partial charge in [0.25, 0.3) is 11.8 Å². The Kier molecular flexibility index (Phi) is 7.91. The molecule has 3 aromatic carbocycles. The summed E-state index contributed by atoms with van der Waals surface area (Å²) < 4.78 is 20.8. The SMILES string of the molecule is O=C(COc1ccc(Br)cc1/C=N/NC(=O)c1ccc(Br)cc1)Nc1ccccc1F. The highest BCUT2D eigenvalue weighted by molar-refractivity contribution is 9.10. The average molecular weight is 549 g/mol. The third kappa shape index (κ3) is 6.73. The maximum atomic E-state index is 13.7. The summed E-state index contributed by atoms with van der Waals surface area (Å²) >= 11 is 6.68. The third-order valence-electron chi connectivity index (χ3n) is 3.95. The van der Waals surface area contributed by atoms with Crippen LogP contribution < -0.4 is 15.5 Å². The van der Waals surface area contributed by atoms with Crippen molar-refractivity contribution in [2.45, 2.75) is 0 Å². The maximum Gasteiger partial charge on any atom is 0.271 e. The molecule has 0 fully saturated rings. The van der Waals surface area contributed by atoms with E-state index in [1.807, 2.05) is 0 Å². The van der Waals surface area contributed by atoms with Crippen LogP contribution in [0.15, 0.2) is 80.8 Å². The van der Waals surface area contributed by atoms with Gasteiger partial charge < -0.3 is 10.1 Å². The fourth-order valence-electron chi connectivity index (χ4n) is 2.47. The normalized spacial score (nSPS) is 10.7. The van der Waals surface area contributed by atoms with Gasteiger partial charge in [0, 0.05) is 20.1 Å². The number of hydrogen-bond donors (Lipinski definition) is 2. The van der Waals surface area contributed by atoms with E-state index in [1.165, 1.54) is 24.4 Å². The number of nitrogens with one attached hydrogen (secondary N) is 2. The summed E-state index contributed by atoms with van der Waals surface area (Å²) in [5, 5.41) is 6.41. The van der Waals surface area contributed by atoms with E-state index in [0.29, 0.717) is 16.9 Å². The first kappa shape index (κ1) is 22.6. The molecule has 0 radical (unpaired) electrons. The summed E-state index contributed by atoms with van der Waals surface area (Å²) in [4.78, 5) is 24.2. The lowest BCUT2D eigenvalue weighted by molar-refractivity contribution is -0.118. The number of halogens is 3. The van der Waals surface area contributed by atoms with Gasteiger partial charge >= 0.3 is 0 Å².